The summed E-state index contributed by atoms with van der Waals surface area (Å²) in [5, 5.41) is 4.77. The van der Waals surface area contributed by atoms with Crippen LogP contribution in [0.3, 0.4) is 0 Å². The SMILES string of the molecule is Cc1cc2oc(CNC3CC3)c(C)c2cc1C. The molecule has 17 heavy (non-hydrogen) atoms. The number of benzene rings is 1. The van der Waals surface area contributed by atoms with Crippen LogP contribution in [0.4, 0.5) is 0 Å². The van der Waals surface area contributed by atoms with E-state index in [4.69, 9.17) is 4.42 Å². The van der Waals surface area contributed by atoms with Gasteiger partial charge in [0.1, 0.15) is 11.3 Å². The summed E-state index contributed by atoms with van der Waals surface area (Å²) in [4.78, 5) is 0. The second-order valence-corrected chi connectivity index (χ2v) is 5.24. The molecule has 1 saturated carbocycles. The van der Waals surface area contributed by atoms with Gasteiger partial charge in [-0.1, -0.05) is 0 Å². The Balaban J connectivity index is 1.98. The number of hydrogen-bond donors (Lipinski definition) is 1. The summed E-state index contributed by atoms with van der Waals surface area (Å²) in [5.74, 6) is 1.09. The lowest BCUT2D eigenvalue weighted by atomic mass is 10.1. The van der Waals surface area contributed by atoms with Crippen molar-refractivity contribution in [2.24, 2.45) is 0 Å². The Bertz CT molecular complexity index is 564. The topological polar surface area (TPSA) is 25.2 Å². The van der Waals surface area contributed by atoms with E-state index in [9.17, 15) is 0 Å². The molecule has 0 atom stereocenters. The number of aryl methyl sites for hydroxylation is 3. The molecule has 0 radical (unpaired) electrons. The third-order valence-corrected chi connectivity index (χ3v) is 3.78. The molecule has 0 saturated heterocycles. The fourth-order valence-corrected chi connectivity index (χ4v) is 2.22. The van der Waals surface area contributed by atoms with Crippen molar-refractivity contribution < 1.29 is 4.42 Å². The molecule has 0 unspecified atom stereocenters. The highest BCUT2D eigenvalue weighted by Crippen LogP contribution is 2.28. The zero-order chi connectivity index (χ0) is 12.0. The van der Waals surface area contributed by atoms with Crippen LogP contribution in [-0.2, 0) is 6.54 Å². The van der Waals surface area contributed by atoms with Crippen molar-refractivity contribution in [1.82, 2.24) is 5.32 Å². The van der Waals surface area contributed by atoms with Gasteiger partial charge in [-0.25, -0.2) is 0 Å². The number of fused-ring (bicyclic) bond motifs is 1. The Morgan fingerprint density at radius 1 is 1.18 bits per heavy atom. The first-order chi connectivity index (χ1) is 8.15. The van der Waals surface area contributed by atoms with Crippen molar-refractivity contribution in [3.63, 3.8) is 0 Å². The predicted molar refractivity (Wildman–Crippen MR) is 70.3 cm³/mol. The van der Waals surface area contributed by atoms with Gasteiger partial charge < -0.3 is 9.73 Å². The van der Waals surface area contributed by atoms with Crippen LogP contribution in [0.2, 0.25) is 0 Å². The van der Waals surface area contributed by atoms with Crippen LogP contribution in [-0.4, -0.2) is 6.04 Å². The molecule has 1 heterocycles. The number of nitrogens with one attached hydrogen (secondary N) is 1. The Hall–Kier alpha value is -1.28. The quantitative estimate of drug-likeness (QED) is 0.869. The van der Waals surface area contributed by atoms with Crippen LogP contribution in [0.15, 0.2) is 16.5 Å². The molecule has 2 aromatic rings. The predicted octanol–water partition coefficient (Wildman–Crippen LogP) is 3.61. The third kappa shape index (κ3) is 1.98. The minimum absolute atomic E-state index is 0.728. The molecule has 1 fully saturated rings. The van der Waals surface area contributed by atoms with E-state index in [0.717, 1.165) is 23.9 Å². The highest BCUT2D eigenvalue weighted by Gasteiger charge is 2.21. The summed E-state index contributed by atoms with van der Waals surface area (Å²) in [6.07, 6.45) is 2.63. The van der Waals surface area contributed by atoms with Crippen LogP contribution < -0.4 is 5.32 Å². The standard InChI is InChI=1S/C15H19NO/c1-9-6-13-11(3)15(8-16-12-4-5-12)17-14(13)7-10(9)2/h6-7,12,16H,4-5,8H2,1-3H3. The van der Waals surface area contributed by atoms with E-state index in [1.165, 1.54) is 34.9 Å². The second-order valence-electron chi connectivity index (χ2n) is 5.24. The molecule has 0 bridgehead atoms. The lowest BCUT2D eigenvalue weighted by Crippen LogP contribution is -2.15. The largest absolute Gasteiger partial charge is 0.459 e. The molecule has 1 aliphatic carbocycles. The summed E-state index contributed by atoms with van der Waals surface area (Å²) in [7, 11) is 0. The number of furan rings is 1. The summed E-state index contributed by atoms with van der Waals surface area (Å²) in [6.45, 7) is 7.31. The van der Waals surface area contributed by atoms with Crippen LogP contribution in [0.25, 0.3) is 11.0 Å². The van der Waals surface area contributed by atoms with Crippen molar-refractivity contribution in [3.05, 3.63) is 34.6 Å². The smallest absolute Gasteiger partial charge is 0.134 e. The van der Waals surface area contributed by atoms with Gasteiger partial charge in [0.15, 0.2) is 0 Å². The monoisotopic (exact) mass is 229 g/mol. The Morgan fingerprint density at radius 3 is 2.59 bits per heavy atom. The molecule has 2 heteroatoms. The van der Waals surface area contributed by atoms with Gasteiger partial charge in [-0.3, -0.25) is 0 Å². The highest BCUT2D eigenvalue weighted by atomic mass is 16.3. The van der Waals surface area contributed by atoms with Crippen LogP contribution in [0.1, 0.15) is 35.3 Å². The van der Waals surface area contributed by atoms with Gasteiger partial charge in [-0.2, -0.15) is 0 Å². The van der Waals surface area contributed by atoms with Gasteiger partial charge in [0, 0.05) is 11.4 Å². The average molecular weight is 229 g/mol. The molecule has 1 N–H and O–H groups in total. The van der Waals surface area contributed by atoms with E-state index in [0.29, 0.717) is 0 Å². The Kier molecular flexibility index (Phi) is 2.48. The number of hydrogen-bond acceptors (Lipinski definition) is 2. The molecule has 2 nitrogen and oxygen atoms in total. The van der Waals surface area contributed by atoms with Gasteiger partial charge >= 0.3 is 0 Å². The average Bonchev–Trinajstić information content (AvgIpc) is 3.07. The molecule has 1 aromatic heterocycles. The summed E-state index contributed by atoms with van der Waals surface area (Å²) in [6, 6.07) is 5.12. The number of rotatable bonds is 3. The first-order valence-electron chi connectivity index (χ1n) is 6.38. The van der Waals surface area contributed by atoms with E-state index < -0.39 is 0 Å². The van der Waals surface area contributed by atoms with Crippen LogP contribution >= 0.6 is 0 Å². The molecule has 3 rings (SSSR count). The third-order valence-electron chi connectivity index (χ3n) is 3.78. The molecule has 0 aliphatic heterocycles. The lowest BCUT2D eigenvalue weighted by molar-refractivity contribution is 0.509. The van der Waals surface area contributed by atoms with Gasteiger partial charge in [0.05, 0.1) is 6.54 Å². The lowest BCUT2D eigenvalue weighted by Gasteiger charge is -1.99. The maximum absolute atomic E-state index is 5.95. The highest BCUT2D eigenvalue weighted by molar-refractivity contribution is 5.83. The van der Waals surface area contributed by atoms with E-state index in [1.807, 2.05) is 0 Å². The van der Waals surface area contributed by atoms with Crippen molar-refractivity contribution >= 4 is 11.0 Å². The summed E-state index contributed by atoms with van der Waals surface area (Å²) in [5.41, 5.74) is 4.95. The van der Waals surface area contributed by atoms with E-state index in [-0.39, 0.29) is 0 Å². The van der Waals surface area contributed by atoms with Crippen molar-refractivity contribution in [1.29, 1.82) is 0 Å². The van der Waals surface area contributed by atoms with Crippen molar-refractivity contribution in [3.8, 4) is 0 Å². The first-order valence-corrected chi connectivity index (χ1v) is 6.38. The van der Waals surface area contributed by atoms with E-state index in [1.54, 1.807) is 0 Å². The fraction of sp³-hybridized carbons (Fsp3) is 0.467. The molecular weight excluding hydrogens is 210 g/mol. The normalized spacial score (nSPS) is 15.7. The van der Waals surface area contributed by atoms with Gasteiger partial charge in [0.2, 0.25) is 0 Å². The molecule has 90 valence electrons. The molecule has 1 aliphatic rings. The van der Waals surface area contributed by atoms with E-state index >= 15 is 0 Å². The Morgan fingerprint density at radius 2 is 1.88 bits per heavy atom. The molecular formula is C15H19NO. The molecule has 0 amide bonds. The van der Waals surface area contributed by atoms with Crippen molar-refractivity contribution in [2.45, 2.75) is 46.2 Å². The molecule has 1 aromatic carbocycles. The second kappa shape index (κ2) is 3.88. The van der Waals surface area contributed by atoms with Crippen LogP contribution in [0, 0.1) is 20.8 Å². The fourth-order valence-electron chi connectivity index (χ4n) is 2.22. The summed E-state index contributed by atoms with van der Waals surface area (Å²) >= 11 is 0. The maximum atomic E-state index is 5.95. The summed E-state index contributed by atoms with van der Waals surface area (Å²) < 4.78 is 5.95. The van der Waals surface area contributed by atoms with Gasteiger partial charge in [-0.05, 0) is 62.4 Å². The Labute approximate surface area is 102 Å². The van der Waals surface area contributed by atoms with Crippen molar-refractivity contribution in [2.75, 3.05) is 0 Å². The first kappa shape index (κ1) is 10.8. The minimum Gasteiger partial charge on any atom is -0.459 e. The van der Waals surface area contributed by atoms with Gasteiger partial charge in [0.25, 0.3) is 0 Å². The zero-order valence-electron chi connectivity index (χ0n) is 10.8. The van der Waals surface area contributed by atoms with Gasteiger partial charge in [-0.15, -0.1) is 0 Å². The minimum atomic E-state index is 0.728. The maximum Gasteiger partial charge on any atom is 0.134 e. The van der Waals surface area contributed by atoms with E-state index in [2.05, 4.69) is 38.2 Å². The zero-order valence-corrected chi connectivity index (χ0v) is 10.8. The van der Waals surface area contributed by atoms with Crippen LogP contribution in [0.5, 0.6) is 0 Å². The molecule has 0 spiro atoms.